The number of rotatable bonds is 1. The van der Waals surface area contributed by atoms with Gasteiger partial charge in [-0.2, -0.15) is 0 Å². The van der Waals surface area contributed by atoms with Crippen LogP contribution in [0.5, 0.6) is 0 Å². The molecule has 2 aliphatic rings. The van der Waals surface area contributed by atoms with Crippen molar-refractivity contribution in [3.05, 3.63) is 34.9 Å². The van der Waals surface area contributed by atoms with E-state index in [0.29, 0.717) is 12.0 Å². The van der Waals surface area contributed by atoms with Gasteiger partial charge in [-0.15, -0.1) is 0 Å². The van der Waals surface area contributed by atoms with E-state index >= 15 is 0 Å². The Labute approximate surface area is 78.9 Å². The summed E-state index contributed by atoms with van der Waals surface area (Å²) >= 11 is 0. The van der Waals surface area contributed by atoms with Crippen molar-refractivity contribution >= 4 is 0 Å². The molecule has 13 heavy (non-hydrogen) atoms. The van der Waals surface area contributed by atoms with Crippen LogP contribution >= 0.6 is 0 Å². The van der Waals surface area contributed by atoms with Crippen molar-refractivity contribution in [1.82, 2.24) is 0 Å². The highest BCUT2D eigenvalue weighted by atomic mass is 14.7. The van der Waals surface area contributed by atoms with Gasteiger partial charge >= 0.3 is 0 Å². The number of benzene rings is 1. The Morgan fingerprint density at radius 3 is 2.69 bits per heavy atom. The first-order valence-corrected chi connectivity index (χ1v) is 5.22. The topological polar surface area (TPSA) is 26.0 Å². The van der Waals surface area contributed by atoms with Gasteiger partial charge in [-0.05, 0) is 42.4 Å². The zero-order chi connectivity index (χ0) is 8.84. The Morgan fingerprint density at radius 2 is 1.92 bits per heavy atom. The maximum Gasteiger partial charge on any atom is 0.0115 e. The summed E-state index contributed by atoms with van der Waals surface area (Å²) in [4.78, 5) is 0. The highest BCUT2D eigenvalue weighted by molar-refractivity contribution is 5.39. The third kappa shape index (κ3) is 1.19. The van der Waals surface area contributed by atoms with Crippen molar-refractivity contribution in [3.63, 3.8) is 0 Å². The van der Waals surface area contributed by atoms with E-state index in [4.69, 9.17) is 5.73 Å². The molecular weight excluding hydrogens is 158 g/mol. The summed E-state index contributed by atoms with van der Waals surface area (Å²) in [5.74, 6) is 0.672. The second kappa shape index (κ2) is 2.58. The molecule has 2 aliphatic carbocycles. The lowest BCUT2D eigenvalue weighted by Crippen LogP contribution is -2.01. The van der Waals surface area contributed by atoms with E-state index in [0.717, 1.165) is 0 Å². The smallest absolute Gasteiger partial charge is 0.0115 e. The van der Waals surface area contributed by atoms with E-state index in [2.05, 4.69) is 18.2 Å². The van der Waals surface area contributed by atoms with E-state index in [1.807, 2.05) is 0 Å². The van der Waals surface area contributed by atoms with Gasteiger partial charge in [-0.3, -0.25) is 0 Å². The van der Waals surface area contributed by atoms with Gasteiger partial charge in [0.05, 0.1) is 0 Å². The minimum atomic E-state index is 0.444. The summed E-state index contributed by atoms with van der Waals surface area (Å²) in [6.45, 7) is 0. The van der Waals surface area contributed by atoms with Crippen LogP contribution < -0.4 is 5.73 Å². The summed E-state index contributed by atoms with van der Waals surface area (Å²) in [6.07, 6.45) is 5.10. The van der Waals surface area contributed by atoms with Crippen molar-refractivity contribution in [2.45, 2.75) is 37.6 Å². The van der Waals surface area contributed by atoms with Gasteiger partial charge in [0.25, 0.3) is 0 Å². The van der Waals surface area contributed by atoms with Crippen molar-refractivity contribution in [2.24, 2.45) is 5.73 Å². The number of hydrogen-bond donors (Lipinski definition) is 1. The second-order valence-corrected chi connectivity index (χ2v) is 4.39. The molecule has 1 saturated carbocycles. The molecule has 0 saturated heterocycles. The highest BCUT2D eigenvalue weighted by Gasteiger charge is 2.35. The van der Waals surface area contributed by atoms with Crippen LogP contribution in [-0.2, 0) is 12.8 Å². The molecule has 0 radical (unpaired) electrons. The predicted molar refractivity (Wildman–Crippen MR) is 53.8 cm³/mol. The Bertz CT molecular complexity index is 343. The molecule has 68 valence electrons. The Kier molecular flexibility index (Phi) is 1.50. The first-order chi connectivity index (χ1) is 6.34. The highest BCUT2D eigenvalue weighted by Crippen LogP contribution is 2.40. The predicted octanol–water partition coefficient (Wildman–Crippen LogP) is 1.99. The summed E-state index contributed by atoms with van der Waals surface area (Å²) in [6, 6.07) is 7.42. The van der Waals surface area contributed by atoms with Crippen LogP contribution in [-0.4, -0.2) is 6.04 Å². The second-order valence-electron chi connectivity index (χ2n) is 4.39. The zero-order valence-corrected chi connectivity index (χ0v) is 7.79. The molecule has 1 aromatic carbocycles. The lowest BCUT2D eigenvalue weighted by atomic mass is 10.0. The molecule has 0 spiro atoms. The minimum absolute atomic E-state index is 0.444. The van der Waals surface area contributed by atoms with E-state index < -0.39 is 0 Å². The van der Waals surface area contributed by atoms with Gasteiger partial charge in [0, 0.05) is 12.0 Å². The van der Waals surface area contributed by atoms with Crippen LogP contribution in [0.15, 0.2) is 18.2 Å². The maximum absolute atomic E-state index is 5.84. The average molecular weight is 173 g/mol. The first-order valence-electron chi connectivity index (χ1n) is 5.22. The van der Waals surface area contributed by atoms with Gasteiger partial charge in [-0.25, -0.2) is 0 Å². The first kappa shape index (κ1) is 7.57. The van der Waals surface area contributed by atoms with E-state index in [-0.39, 0.29) is 0 Å². The standard InChI is InChI=1S/C12H15N/c13-12-7-11(12)10-5-4-8-2-1-3-9(8)6-10/h4-6,11-12H,1-3,7,13H2/t11-,12+/m0/s1. The minimum Gasteiger partial charge on any atom is -0.327 e. The van der Waals surface area contributed by atoms with E-state index in [1.54, 1.807) is 11.1 Å². The lowest BCUT2D eigenvalue weighted by molar-refractivity contribution is 0.911. The van der Waals surface area contributed by atoms with Gasteiger partial charge in [-0.1, -0.05) is 18.2 Å². The molecule has 0 amide bonds. The van der Waals surface area contributed by atoms with Crippen LogP contribution in [0, 0.1) is 0 Å². The SMILES string of the molecule is N[C@@H]1C[C@H]1c1ccc2c(c1)CCC2. The molecule has 0 aliphatic heterocycles. The fourth-order valence-electron chi connectivity index (χ4n) is 2.42. The van der Waals surface area contributed by atoms with Crippen LogP contribution in [0.4, 0.5) is 0 Å². The molecule has 0 heterocycles. The van der Waals surface area contributed by atoms with E-state index in [1.165, 1.54) is 31.2 Å². The van der Waals surface area contributed by atoms with Crippen LogP contribution in [0.1, 0.15) is 35.4 Å². The summed E-state index contributed by atoms with van der Waals surface area (Å²) in [5.41, 5.74) is 10.5. The largest absolute Gasteiger partial charge is 0.327 e. The fourth-order valence-corrected chi connectivity index (χ4v) is 2.42. The van der Waals surface area contributed by atoms with E-state index in [9.17, 15) is 0 Å². The molecule has 0 unspecified atom stereocenters. The molecule has 1 aromatic rings. The quantitative estimate of drug-likeness (QED) is 0.690. The number of fused-ring (bicyclic) bond motifs is 1. The molecule has 0 aromatic heterocycles. The van der Waals surface area contributed by atoms with Crippen LogP contribution in [0.25, 0.3) is 0 Å². The van der Waals surface area contributed by atoms with Crippen molar-refractivity contribution in [1.29, 1.82) is 0 Å². The van der Waals surface area contributed by atoms with Gasteiger partial charge < -0.3 is 5.73 Å². The summed E-state index contributed by atoms with van der Waals surface area (Å²) in [5, 5.41) is 0. The molecule has 1 fully saturated rings. The zero-order valence-electron chi connectivity index (χ0n) is 7.79. The van der Waals surface area contributed by atoms with Crippen LogP contribution in [0.3, 0.4) is 0 Å². The normalized spacial score (nSPS) is 30.2. The molecule has 2 atom stereocenters. The molecule has 1 nitrogen and oxygen atoms in total. The molecule has 0 bridgehead atoms. The average Bonchev–Trinajstić information content (AvgIpc) is 2.70. The summed E-state index contributed by atoms with van der Waals surface area (Å²) in [7, 11) is 0. The third-order valence-electron chi connectivity index (χ3n) is 3.39. The number of hydrogen-bond acceptors (Lipinski definition) is 1. The molecule has 1 heteroatoms. The van der Waals surface area contributed by atoms with Crippen LogP contribution in [0.2, 0.25) is 0 Å². The Morgan fingerprint density at radius 1 is 1.15 bits per heavy atom. The molecule has 3 rings (SSSR count). The van der Waals surface area contributed by atoms with Crippen molar-refractivity contribution in [3.8, 4) is 0 Å². The monoisotopic (exact) mass is 173 g/mol. The maximum atomic E-state index is 5.84. The fraction of sp³-hybridized carbons (Fsp3) is 0.500. The van der Waals surface area contributed by atoms with Crippen molar-refractivity contribution in [2.75, 3.05) is 0 Å². The third-order valence-corrected chi connectivity index (χ3v) is 3.39. The Hall–Kier alpha value is -0.820. The molecule has 2 N–H and O–H groups in total. The number of nitrogens with two attached hydrogens (primary N) is 1. The van der Waals surface area contributed by atoms with Gasteiger partial charge in [0.15, 0.2) is 0 Å². The summed E-state index contributed by atoms with van der Waals surface area (Å²) < 4.78 is 0. The number of aryl methyl sites for hydroxylation is 2. The van der Waals surface area contributed by atoms with Gasteiger partial charge in [0.2, 0.25) is 0 Å². The Balaban J connectivity index is 1.96. The lowest BCUT2D eigenvalue weighted by Gasteiger charge is -2.03. The van der Waals surface area contributed by atoms with Gasteiger partial charge in [0.1, 0.15) is 0 Å². The molecular formula is C12H15N. The van der Waals surface area contributed by atoms with Crippen molar-refractivity contribution < 1.29 is 0 Å².